The van der Waals surface area contributed by atoms with Crippen LogP contribution in [0.25, 0.3) is 0 Å². The number of unbranched alkanes of at least 4 members (excludes halogenated alkanes) is 2. The third-order valence-electron chi connectivity index (χ3n) is 2.65. The molecule has 1 nitrogen and oxygen atoms in total. The fourth-order valence-corrected chi connectivity index (χ4v) is 1.49. The smallest absolute Gasteiger partial charge is 0.276 e. The highest BCUT2D eigenvalue weighted by molar-refractivity contribution is 6.30. The van der Waals surface area contributed by atoms with E-state index in [0.717, 1.165) is 0 Å². The molecule has 0 atom stereocenters. The van der Waals surface area contributed by atoms with Crippen molar-refractivity contribution in [3.05, 3.63) is 0 Å². The molecule has 0 unspecified atom stereocenters. The summed E-state index contributed by atoms with van der Waals surface area (Å²) in [6, 6.07) is 0. The number of hydrogen-bond acceptors (Lipinski definition) is 1. The van der Waals surface area contributed by atoms with Gasteiger partial charge in [-0.15, -0.1) is 0 Å². The van der Waals surface area contributed by atoms with Gasteiger partial charge in [0, 0.05) is 0 Å². The molecule has 0 saturated heterocycles. The van der Waals surface area contributed by atoms with E-state index >= 15 is 0 Å². The second kappa shape index (κ2) is 6.53. The van der Waals surface area contributed by atoms with Gasteiger partial charge in [0.2, 0.25) is 0 Å². The van der Waals surface area contributed by atoms with E-state index in [2.05, 4.69) is 20.8 Å². The van der Waals surface area contributed by atoms with Crippen LogP contribution in [0, 0.1) is 0 Å². The van der Waals surface area contributed by atoms with Gasteiger partial charge >= 0.3 is 0 Å². The van der Waals surface area contributed by atoms with Crippen LogP contribution in [-0.2, 0) is 0 Å². The summed E-state index contributed by atoms with van der Waals surface area (Å²) in [5.41, 5.74) is 0. The third-order valence-corrected chi connectivity index (χ3v) is 2.65. The summed E-state index contributed by atoms with van der Waals surface area (Å²) in [5.74, 6) is 0. The maximum absolute atomic E-state index is 9.24. The Kier molecular flexibility index (Phi) is 6.54. The van der Waals surface area contributed by atoms with Crippen LogP contribution >= 0.6 is 0 Å². The van der Waals surface area contributed by atoms with Gasteiger partial charge in [-0.25, -0.2) is 0 Å². The van der Waals surface area contributed by atoms with Crippen molar-refractivity contribution in [2.75, 3.05) is 0 Å². The highest BCUT2D eigenvalue weighted by Gasteiger charge is 2.23. The van der Waals surface area contributed by atoms with Crippen molar-refractivity contribution in [1.82, 2.24) is 0 Å². The second-order valence-corrected chi connectivity index (χ2v) is 4.18. The Hall–Kier alpha value is 0.0249. The number of hydrogen-bond donors (Lipinski definition) is 1. The molecule has 0 aromatic rings. The Labute approximate surface area is 77.8 Å². The topological polar surface area (TPSA) is 20.2 Å². The van der Waals surface area contributed by atoms with E-state index < -0.39 is 0 Å². The van der Waals surface area contributed by atoms with Gasteiger partial charge in [0.25, 0.3) is 7.48 Å². The van der Waals surface area contributed by atoms with Gasteiger partial charge in [0.15, 0.2) is 0 Å². The lowest BCUT2D eigenvalue weighted by Gasteiger charge is -2.25. The fourth-order valence-electron chi connectivity index (χ4n) is 1.49. The summed E-state index contributed by atoms with van der Waals surface area (Å²) in [6.07, 6.45) is 7.34. The third kappa shape index (κ3) is 4.81. The van der Waals surface area contributed by atoms with Gasteiger partial charge in [-0.1, -0.05) is 59.3 Å². The van der Waals surface area contributed by atoms with Gasteiger partial charge in [0.05, 0.1) is 0 Å². The van der Waals surface area contributed by atoms with Gasteiger partial charge in [0.1, 0.15) is 0 Å². The van der Waals surface area contributed by atoms with Crippen molar-refractivity contribution in [2.24, 2.45) is 0 Å². The van der Waals surface area contributed by atoms with Gasteiger partial charge < -0.3 is 5.02 Å². The number of rotatable bonds is 7. The van der Waals surface area contributed by atoms with Crippen LogP contribution in [0.15, 0.2) is 0 Å². The average molecular weight is 170 g/mol. The molecule has 1 N–H and O–H groups in total. The van der Waals surface area contributed by atoms with Crippen LogP contribution in [0.3, 0.4) is 0 Å². The maximum atomic E-state index is 9.24. The van der Waals surface area contributed by atoms with E-state index in [9.17, 15) is 5.02 Å². The molecule has 0 heterocycles. The van der Waals surface area contributed by atoms with Crippen molar-refractivity contribution >= 4 is 7.48 Å². The Bertz CT molecular complexity index is 96.0. The molecule has 0 aromatic carbocycles. The van der Waals surface area contributed by atoms with Crippen LogP contribution in [0.1, 0.15) is 59.3 Å². The summed E-state index contributed by atoms with van der Waals surface area (Å²) < 4.78 is 0. The summed E-state index contributed by atoms with van der Waals surface area (Å²) >= 11 is 0. The molecule has 0 aliphatic carbocycles. The van der Waals surface area contributed by atoms with Crippen molar-refractivity contribution in [3.63, 3.8) is 0 Å². The monoisotopic (exact) mass is 170 g/mol. The van der Waals surface area contributed by atoms with Gasteiger partial charge in [-0.3, -0.25) is 0 Å². The lowest BCUT2D eigenvalue weighted by atomic mass is 9.60. The molecule has 0 aromatic heterocycles. The first-order chi connectivity index (χ1) is 5.68. The Morgan fingerprint density at radius 2 is 1.50 bits per heavy atom. The molecule has 0 spiro atoms. The standard InChI is InChI=1S/C10H23BO/c1-4-6-8-10(3,11-12)9-7-5-2/h11-12H,4-9H2,1-3H3. The van der Waals surface area contributed by atoms with Crippen molar-refractivity contribution in [1.29, 1.82) is 0 Å². The van der Waals surface area contributed by atoms with Crippen LogP contribution in [0.2, 0.25) is 5.31 Å². The van der Waals surface area contributed by atoms with Gasteiger partial charge in [-0.2, -0.15) is 0 Å². The Balaban J connectivity index is 3.70. The van der Waals surface area contributed by atoms with Gasteiger partial charge in [-0.05, 0) is 5.31 Å². The normalized spacial score (nSPS) is 11.7. The summed E-state index contributed by atoms with van der Waals surface area (Å²) in [6.45, 7) is 6.62. The quantitative estimate of drug-likeness (QED) is 0.582. The SMILES string of the molecule is CCCCC(C)(BO)CCCC. The molecule has 0 amide bonds. The Morgan fingerprint density at radius 3 is 1.75 bits per heavy atom. The predicted octanol–water partition coefficient (Wildman–Crippen LogP) is 2.89. The highest BCUT2D eigenvalue weighted by atomic mass is 16.2. The molecule has 0 aliphatic rings. The van der Waals surface area contributed by atoms with Crippen LogP contribution in [0.5, 0.6) is 0 Å². The fraction of sp³-hybridized carbons (Fsp3) is 1.00. The first-order valence-corrected chi connectivity index (χ1v) is 5.29. The van der Waals surface area contributed by atoms with Crippen molar-refractivity contribution < 1.29 is 5.02 Å². The first-order valence-electron chi connectivity index (χ1n) is 5.29. The molecule has 2 heteroatoms. The first kappa shape index (κ1) is 12.0. The van der Waals surface area contributed by atoms with E-state index in [0.29, 0.717) is 7.48 Å². The minimum absolute atomic E-state index is 0.200. The predicted molar refractivity (Wildman–Crippen MR) is 56.8 cm³/mol. The van der Waals surface area contributed by atoms with E-state index in [1.54, 1.807) is 0 Å². The largest absolute Gasteiger partial charge is 0.453 e. The minimum Gasteiger partial charge on any atom is -0.453 e. The maximum Gasteiger partial charge on any atom is 0.276 e. The average Bonchev–Trinajstić information content (AvgIpc) is 2.11. The molecular weight excluding hydrogens is 147 g/mol. The molecule has 0 rings (SSSR count). The van der Waals surface area contributed by atoms with Crippen molar-refractivity contribution in [2.45, 2.75) is 64.6 Å². The summed E-state index contributed by atoms with van der Waals surface area (Å²) in [7, 11) is 0.354. The molecule has 0 bridgehead atoms. The lowest BCUT2D eigenvalue weighted by molar-refractivity contribution is 0.424. The molecule has 0 fully saturated rings. The molecule has 72 valence electrons. The minimum atomic E-state index is 0.200. The van der Waals surface area contributed by atoms with E-state index in [-0.39, 0.29) is 5.31 Å². The highest BCUT2D eigenvalue weighted by Crippen LogP contribution is 2.35. The zero-order valence-corrected chi connectivity index (χ0v) is 8.90. The van der Waals surface area contributed by atoms with Crippen LogP contribution in [0.4, 0.5) is 0 Å². The second-order valence-electron chi connectivity index (χ2n) is 4.18. The van der Waals surface area contributed by atoms with Crippen molar-refractivity contribution in [3.8, 4) is 0 Å². The van der Waals surface area contributed by atoms with E-state index in [4.69, 9.17) is 0 Å². The van der Waals surface area contributed by atoms with Crippen LogP contribution < -0.4 is 0 Å². The van der Waals surface area contributed by atoms with E-state index in [1.165, 1.54) is 38.5 Å². The molecule has 12 heavy (non-hydrogen) atoms. The molecular formula is C10H23BO. The summed E-state index contributed by atoms with van der Waals surface area (Å²) in [4.78, 5) is 0. The molecule has 0 radical (unpaired) electrons. The van der Waals surface area contributed by atoms with E-state index in [1.807, 2.05) is 0 Å². The van der Waals surface area contributed by atoms with Crippen LogP contribution in [-0.4, -0.2) is 12.5 Å². The Morgan fingerprint density at radius 1 is 1.08 bits per heavy atom. The molecule has 0 aliphatic heterocycles. The zero-order chi connectivity index (χ0) is 9.45. The molecule has 0 saturated carbocycles. The zero-order valence-electron chi connectivity index (χ0n) is 8.90. The lowest BCUT2D eigenvalue weighted by Crippen LogP contribution is -2.16. The summed E-state index contributed by atoms with van der Waals surface area (Å²) in [5, 5.41) is 9.44.